The molecule has 0 unspecified atom stereocenters. The molecule has 0 atom stereocenters. The number of rotatable bonds is 4. The Balaban J connectivity index is 2.89. The molecule has 0 saturated heterocycles. The highest BCUT2D eigenvalue weighted by Gasteiger charge is 2.24. The highest BCUT2D eigenvalue weighted by atomic mass is 35.5. The van der Waals surface area contributed by atoms with Crippen molar-refractivity contribution in [3.05, 3.63) is 28.8 Å². The number of nitrogens with zero attached hydrogens (tertiary/aromatic N) is 1. The summed E-state index contributed by atoms with van der Waals surface area (Å²) in [6, 6.07) is 5.79. The Morgan fingerprint density at radius 1 is 1.44 bits per heavy atom. The van der Waals surface area contributed by atoms with Gasteiger partial charge in [0.1, 0.15) is 6.29 Å². The third kappa shape index (κ3) is 3.00. The van der Waals surface area contributed by atoms with Crippen LogP contribution in [0.5, 0.6) is 0 Å². The van der Waals surface area contributed by atoms with Crippen molar-refractivity contribution in [2.45, 2.75) is 31.2 Å². The minimum absolute atomic E-state index is 0.487. The summed E-state index contributed by atoms with van der Waals surface area (Å²) >= 11 is 7.58. The van der Waals surface area contributed by atoms with E-state index in [9.17, 15) is 4.79 Å². The molecule has 88 valence electrons. The van der Waals surface area contributed by atoms with E-state index in [1.165, 1.54) is 11.9 Å². The molecular weight excluding hydrogens is 242 g/mol. The van der Waals surface area contributed by atoms with Crippen molar-refractivity contribution in [2.75, 3.05) is 7.05 Å². The quantitative estimate of drug-likeness (QED) is 0.608. The molecule has 1 aromatic carbocycles. The van der Waals surface area contributed by atoms with Crippen LogP contribution in [0.2, 0.25) is 5.02 Å². The van der Waals surface area contributed by atoms with Gasteiger partial charge in [0.15, 0.2) is 0 Å². The Morgan fingerprint density at radius 3 is 2.62 bits per heavy atom. The molecule has 0 amide bonds. The molecule has 4 heteroatoms. The van der Waals surface area contributed by atoms with Crippen LogP contribution in [-0.2, 0) is 4.79 Å². The van der Waals surface area contributed by atoms with Gasteiger partial charge >= 0.3 is 0 Å². The highest BCUT2D eigenvalue weighted by molar-refractivity contribution is 7.97. The van der Waals surface area contributed by atoms with Crippen LogP contribution in [0.15, 0.2) is 23.1 Å². The second-order valence-corrected chi connectivity index (χ2v) is 5.80. The SMILES string of the molecule is Cc1c(Cl)cccc1SN(C)C(C)(C)C=O. The van der Waals surface area contributed by atoms with E-state index >= 15 is 0 Å². The van der Waals surface area contributed by atoms with Gasteiger partial charge < -0.3 is 4.79 Å². The molecule has 0 aliphatic carbocycles. The normalized spacial score (nSPS) is 11.9. The van der Waals surface area contributed by atoms with Crippen molar-refractivity contribution in [1.29, 1.82) is 0 Å². The largest absolute Gasteiger partial charge is 0.301 e. The summed E-state index contributed by atoms with van der Waals surface area (Å²) in [5.41, 5.74) is 0.557. The molecule has 0 N–H and O–H groups in total. The fourth-order valence-electron chi connectivity index (χ4n) is 1.03. The lowest BCUT2D eigenvalue weighted by atomic mass is 10.1. The minimum atomic E-state index is -0.487. The van der Waals surface area contributed by atoms with E-state index in [0.29, 0.717) is 0 Å². The van der Waals surface area contributed by atoms with E-state index in [-0.39, 0.29) is 0 Å². The number of aldehydes is 1. The van der Waals surface area contributed by atoms with Gasteiger partial charge in [-0.15, -0.1) is 0 Å². The fraction of sp³-hybridized carbons (Fsp3) is 0.417. The molecule has 2 nitrogen and oxygen atoms in total. The van der Waals surface area contributed by atoms with Crippen molar-refractivity contribution in [1.82, 2.24) is 4.31 Å². The minimum Gasteiger partial charge on any atom is -0.301 e. The first kappa shape index (κ1) is 13.6. The summed E-state index contributed by atoms with van der Waals surface area (Å²) in [5, 5.41) is 0.752. The first-order valence-corrected chi connectivity index (χ1v) is 6.17. The van der Waals surface area contributed by atoms with Gasteiger partial charge in [-0.3, -0.25) is 0 Å². The second kappa shape index (κ2) is 5.21. The van der Waals surface area contributed by atoms with Crippen molar-refractivity contribution in [3.8, 4) is 0 Å². The van der Waals surface area contributed by atoms with Crippen LogP contribution in [0.1, 0.15) is 19.4 Å². The average Bonchev–Trinajstić information content (AvgIpc) is 2.24. The van der Waals surface area contributed by atoms with Gasteiger partial charge in [0, 0.05) is 9.92 Å². The zero-order valence-corrected chi connectivity index (χ0v) is 11.5. The van der Waals surface area contributed by atoms with Gasteiger partial charge in [-0.25, -0.2) is 4.31 Å². The summed E-state index contributed by atoms with van der Waals surface area (Å²) in [7, 11) is 1.90. The monoisotopic (exact) mass is 257 g/mol. The van der Waals surface area contributed by atoms with Crippen LogP contribution in [0.3, 0.4) is 0 Å². The first-order chi connectivity index (χ1) is 7.38. The molecule has 1 rings (SSSR count). The molecule has 0 fully saturated rings. The molecule has 0 spiro atoms. The molecule has 0 aliphatic heterocycles. The van der Waals surface area contributed by atoms with Crippen LogP contribution in [0, 0.1) is 6.92 Å². The molecule has 0 heterocycles. The van der Waals surface area contributed by atoms with E-state index in [2.05, 4.69) is 0 Å². The van der Waals surface area contributed by atoms with Crippen molar-refractivity contribution in [2.24, 2.45) is 0 Å². The summed E-state index contributed by atoms with van der Waals surface area (Å²) in [4.78, 5) is 12.0. The second-order valence-electron chi connectivity index (χ2n) is 4.22. The number of benzene rings is 1. The molecule has 0 radical (unpaired) electrons. The Morgan fingerprint density at radius 2 is 2.06 bits per heavy atom. The van der Waals surface area contributed by atoms with Crippen LogP contribution in [-0.4, -0.2) is 23.2 Å². The maximum Gasteiger partial charge on any atom is 0.140 e. The van der Waals surface area contributed by atoms with Gasteiger partial charge in [-0.2, -0.15) is 0 Å². The zero-order chi connectivity index (χ0) is 12.3. The van der Waals surface area contributed by atoms with Crippen LogP contribution >= 0.6 is 23.5 Å². The number of likely N-dealkylation sites (N-methyl/N-ethyl adjacent to an activating group) is 1. The third-order valence-corrected chi connectivity index (χ3v) is 4.35. The highest BCUT2D eigenvalue weighted by Crippen LogP contribution is 2.32. The van der Waals surface area contributed by atoms with E-state index in [1.807, 2.05) is 50.3 Å². The Kier molecular flexibility index (Phi) is 4.42. The Hall–Kier alpha value is -0.510. The lowest BCUT2D eigenvalue weighted by Gasteiger charge is -2.29. The topological polar surface area (TPSA) is 20.3 Å². The Labute approximate surface area is 106 Å². The Bertz CT molecular complexity index is 393. The third-order valence-electron chi connectivity index (χ3n) is 2.55. The average molecular weight is 258 g/mol. The number of carbonyl (C=O) groups is 1. The van der Waals surface area contributed by atoms with Gasteiger partial charge in [-0.05, 0) is 57.5 Å². The molecule has 0 bridgehead atoms. The van der Waals surface area contributed by atoms with E-state index in [1.54, 1.807) is 0 Å². The van der Waals surface area contributed by atoms with E-state index < -0.39 is 5.54 Å². The van der Waals surface area contributed by atoms with Crippen molar-refractivity contribution >= 4 is 29.8 Å². The van der Waals surface area contributed by atoms with Crippen LogP contribution < -0.4 is 0 Å². The number of carbonyl (C=O) groups excluding carboxylic acids is 1. The predicted octanol–water partition coefficient (Wildman–Crippen LogP) is 3.56. The number of hydrogen-bond donors (Lipinski definition) is 0. The zero-order valence-electron chi connectivity index (χ0n) is 9.95. The number of hydrogen-bond acceptors (Lipinski definition) is 3. The van der Waals surface area contributed by atoms with Gasteiger partial charge in [0.2, 0.25) is 0 Å². The number of halogens is 1. The van der Waals surface area contributed by atoms with Crippen LogP contribution in [0.4, 0.5) is 0 Å². The van der Waals surface area contributed by atoms with Crippen molar-refractivity contribution in [3.63, 3.8) is 0 Å². The maximum absolute atomic E-state index is 10.9. The summed E-state index contributed by atoms with van der Waals surface area (Å²) in [6.07, 6.45) is 0.944. The molecular formula is C12H16ClNOS. The maximum atomic E-state index is 10.9. The van der Waals surface area contributed by atoms with Gasteiger partial charge in [0.25, 0.3) is 0 Å². The molecule has 1 aromatic rings. The lowest BCUT2D eigenvalue weighted by molar-refractivity contribution is -0.113. The van der Waals surface area contributed by atoms with Crippen molar-refractivity contribution < 1.29 is 4.79 Å². The van der Waals surface area contributed by atoms with Gasteiger partial charge in [0.05, 0.1) is 5.54 Å². The summed E-state index contributed by atoms with van der Waals surface area (Å²) in [6.45, 7) is 5.74. The van der Waals surface area contributed by atoms with E-state index in [4.69, 9.17) is 11.6 Å². The molecule has 0 saturated carbocycles. The molecule has 0 aliphatic rings. The fourth-order valence-corrected chi connectivity index (χ4v) is 2.22. The molecule has 16 heavy (non-hydrogen) atoms. The smallest absolute Gasteiger partial charge is 0.140 e. The summed E-state index contributed by atoms with van der Waals surface area (Å²) < 4.78 is 1.93. The van der Waals surface area contributed by atoms with Crippen LogP contribution in [0.25, 0.3) is 0 Å². The summed E-state index contributed by atoms with van der Waals surface area (Å²) in [5.74, 6) is 0. The first-order valence-electron chi connectivity index (χ1n) is 5.01. The molecule has 0 aromatic heterocycles. The van der Waals surface area contributed by atoms with Gasteiger partial charge in [-0.1, -0.05) is 17.7 Å². The predicted molar refractivity (Wildman–Crippen MR) is 70.0 cm³/mol. The standard InChI is InChI=1S/C12H16ClNOS/c1-9-10(13)6-5-7-11(9)16-14(4)12(2,3)8-15/h5-8H,1-4H3. The lowest BCUT2D eigenvalue weighted by Crippen LogP contribution is -2.37. The van der Waals surface area contributed by atoms with E-state index in [0.717, 1.165) is 21.8 Å².